The summed E-state index contributed by atoms with van der Waals surface area (Å²) in [7, 11) is 0. The molecule has 0 aliphatic carbocycles. The van der Waals surface area contributed by atoms with Gasteiger partial charge in [0, 0.05) is 24.3 Å². The van der Waals surface area contributed by atoms with Gasteiger partial charge in [0.1, 0.15) is 6.33 Å². The van der Waals surface area contributed by atoms with Gasteiger partial charge in [0.2, 0.25) is 0 Å². The molecule has 1 saturated heterocycles. The van der Waals surface area contributed by atoms with Gasteiger partial charge in [-0.3, -0.25) is 0 Å². The summed E-state index contributed by atoms with van der Waals surface area (Å²) in [6, 6.07) is 16.2. The zero-order valence-corrected chi connectivity index (χ0v) is 14.9. The third kappa shape index (κ3) is 3.18. The maximum atomic E-state index is 12.5. The fourth-order valence-electron chi connectivity index (χ4n) is 3.35. The first kappa shape index (κ1) is 16.3. The van der Waals surface area contributed by atoms with Gasteiger partial charge in [0.15, 0.2) is 5.82 Å². The van der Waals surface area contributed by atoms with Crippen LogP contribution < -0.4 is 5.32 Å². The van der Waals surface area contributed by atoms with Crippen molar-refractivity contribution >= 4 is 11.7 Å². The van der Waals surface area contributed by atoms with Crippen molar-refractivity contribution in [2.24, 2.45) is 0 Å². The standard InChI is InChI=1S/C20H21N5O/c1-14-8-15(2)10-17(9-14)22-20(26)24-11-18(12-24)25-13-21-23-19(25)16-6-4-3-5-7-16/h3-10,13,18H,11-12H2,1-2H3,(H,22,26). The smallest absolute Gasteiger partial charge is 0.320 e. The van der Waals surface area contributed by atoms with Gasteiger partial charge < -0.3 is 14.8 Å². The Kier molecular flexibility index (Phi) is 4.16. The zero-order chi connectivity index (χ0) is 18.1. The first-order valence-electron chi connectivity index (χ1n) is 8.69. The number of hydrogen-bond donors (Lipinski definition) is 1. The van der Waals surface area contributed by atoms with Crippen molar-refractivity contribution in [2.45, 2.75) is 19.9 Å². The second kappa shape index (κ2) is 6.63. The molecular weight excluding hydrogens is 326 g/mol. The van der Waals surface area contributed by atoms with Crippen LogP contribution in [0.15, 0.2) is 54.9 Å². The predicted molar refractivity (Wildman–Crippen MR) is 101 cm³/mol. The minimum absolute atomic E-state index is 0.0689. The molecule has 4 rings (SSSR count). The minimum Gasteiger partial charge on any atom is -0.320 e. The lowest BCUT2D eigenvalue weighted by Gasteiger charge is -2.40. The zero-order valence-electron chi connectivity index (χ0n) is 14.9. The van der Waals surface area contributed by atoms with Crippen LogP contribution >= 0.6 is 0 Å². The maximum absolute atomic E-state index is 12.5. The SMILES string of the molecule is Cc1cc(C)cc(NC(=O)N2CC(n3cnnc3-c3ccccc3)C2)c1. The molecule has 0 saturated carbocycles. The molecule has 1 aliphatic rings. The van der Waals surface area contributed by atoms with E-state index in [-0.39, 0.29) is 12.1 Å². The highest BCUT2D eigenvalue weighted by molar-refractivity contribution is 5.90. The summed E-state index contributed by atoms with van der Waals surface area (Å²) in [5.74, 6) is 0.838. The summed E-state index contributed by atoms with van der Waals surface area (Å²) in [5.41, 5.74) is 4.14. The first-order valence-corrected chi connectivity index (χ1v) is 8.69. The number of urea groups is 1. The lowest BCUT2D eigenvalue weighted by molar-refractivity contribution is 0.136. The number of carbonyl (C=O) groups excluding carboxylic acids is 1. The highest BCUT2D eigenvalue weighted by Crippen LogP contribution is 2.27. The van der Waals surface area contributed by atoms with Crippen LogP contribution in [0.1, 0.15) is 17.2 Å². The van der Waals surface area contributed by atoms with Crippen LogP contribution in [0.3, 0.4) is 0 Å². The third-order valence-electron chi connectivity index (χ3n) is 4.62. The number of anilines is 1. The number of benzene rings is 2. The van der Waals surface area contributed by atoms with Gasteiger partial charge in [0.25, 0.3) is 0 Å². The highest BCUT2D eigenvalue weighted by Gasteiger charge is 2.33. The van der Waals surface area contributed by atoms with Crippen molar-refractivity contribution in [1.82, 2.24) is 19.7 Å². The predicted octanol–water partition coefficient (Wildman–Crippen LogP) is 3.65. The Morgan fingerprint density at radius 2 is 1.77 bits per heavy atom. The van der Waals surface area contributed by atoms with Crippen molar-refractivity contribution < 1.29 is 4.79 Å². The normalized spacial score (nSPS) is 14.2. The van der Waals surface area contributed by atoms with Crippen LogP contribution in [0.5, 0.6) is 0 Å². The molecular formula is C20H21N5O. The average molecular weight is 347 g/mol. The number of amides is 2. The van der Waals surface area contributed by atoms with Crippen molar-refractivity contribution in [3.8, 4) is 11.4 Å². The summed E-state index contributed by atoms with van der Waals surface area (Å²) in [5, 5.41) is 11.3. The molecule has 1 N–H and O–H groups in total. The second-order valence-corrected chi connectivity index (χ2v) is 6.79. The van der Waals surface area contributed by atoms with E-state index < -0.39 is 0 Å². The average Bonchev–Trinajstić information content (AvgIpc) is 3.02. The van der Waals surface area contributed by atoms with E-state index in [4.69, 9.17) is 0 Å². The number of aryl methyl sites for hydroxylation is 2. The number of nitrogens with one attached hydrogen (secondary N) is 1. The molecule has 26 heavy (non-hydrogen) atoms. The van der Waals surface area contributed by atoms with Crippen molar-refractivity contribution in [2.75, 3.05) is 18.4 Å². The molecule has 0 bridgehead atoms. The molecule has 0 radical (unpaired) electrons. The van der Waals surface area contributed by atoms with E-state index in [1.54, 1.807) is 11.2 Å². The molecule has 0 spiro atoms. The molecule has 1 aromatic heterocycles. The molecule has 2 heterocycles. The summed E-state index contributed by atoms with van der Waals surface area (Å²) < 4.78 is 2.05. The van der Waals surface area contributed by atoms with E-state index in [0.29, 0.717) is 13.1 Å². The summed E-state index contributed by atoms with van der Waals surface area (Å²) in [4.78, 5) is 14.3. The monoisotopic (exact) mass is 347 g/mol. The molecule has 6 heteroatoms. The van der Waals surface area contributed by atoms with Gasteiger partial charge in [-0.25, -0.2) is 4.79 Å². The molecule has 132 valence electrons. The van der Waals surface area contributed by atoms with Crippen LogP contribution in [-0.4, -0.2) is 38.8 Å². The van der Waals surface area contributed by atoms with Gasteiger partial charge >= 0.3 is 6.03 Å². The number of rotatable bonds is 3. The van der Waals surface area contributed by atoms with Crippen molar-refractivity contribution in [1.29, 1.82) is 0 Å². The summed E-state index contributed by atoms with van der Waals surface area (Å²) >= 11 is 0. The molecule has 3 aromatic rings. The Labute approximate surface area is 152 Å². The number of hydrogen-bond acceptors (Lipinski definition) is 3. The number of carbonyl (C=O) groups is 1. The van der Waals surface area contributed by atoms with Crippen LogP contribution in [0.4, 0.5) is 10.5 Å². The Morgan fingerprint density at radius 1 is 1.08 bits per heavy atom. The molecule has 1 aliphatic heterocycles. The van der Waals surface area contributed by atoms with Crippen LogP contribution in [-0.2, 0) is 0 Å². The Hall–Kier alpha value is -3.15. The molecule has 0 unspecified atom stereocenters. The summed E-state index contributed by atoms with van der Waals surface area (Å²) in [6.07, 6.45) is 1.74. The van der Waals surface area contributed by atoms with Crippen LogP contribution in [0, 0.1) is 13.8 Å². The van der Waals surface area contributed by atoms with E-state index in [1.165, 1.54) is 0 Å². The lowest BCUT2D eigenvalue weighted by atomic mass is 10.1. The van der Waals surface area contributed by atoms with Gasteiger partial charge in [-0.2, -0.15) is 0 Å². The van der Waals surface area contributed by atoms with Gasteiger partial charge in [0.05, 0.1) is 6.04 Å². The summed E-state index contributed by atoms with van der Waals surface area (Å²) in [6.45, 7) is 5.35. The second-order valence-electron chi connectivity index (χ2n) is 6.79. The number of nitrogens with zero attached hydrogens (tertiary/aromatic N) is 4. The Balaban J connectivity index is 1.42. The fraction of sp³-hybridized carbons (Fsp3) is 0.250. The van der Waals surface area contributed by atoms with Gasteiger partial charge in [-0.05, 0) is 37.1 Å². The topological polar surface area (TPSA) is 63.1 Å². The van der Waals surface area contributed by atoms with E-state index in [0.717, 1.165) is 28.2 Å². The molecule has 2 aromatic carbocycles. The minimum atomic E-state index is -0.0689. The van der Waals surface area contributed by atoms with E-state index in [2.05, 4.69) is 26.1 Å². The van der Waals surface area contributed by atoms with E-state index in [9.17, 15) is 4.79 Å². The molecule has 0 atom stereocenters. The van der Waals surface area contributed by atoms with Crippen molar-refractivity contribution in [3.05, 3.63) is 66.0 Å². The molecule has 6 nitrogen and oxygen atoms in total. The van der Waals surface area contributed by atoms with E-state index >= 15 is 0 Å². The molecule has 2 amide bonds. The van der Waals surface area contributed by atoms with Crippen LogP contribution in [0.2, 0.25) is 0 Å². The Bertz CT molecular complexity index is 908. The van der Waals surface area contributed by atoms with E-state index in [1.807, 2.05) is 56.3 Å². The number of likely N-dealkylation sites (tertiary alicyclic amines) is 1. The number of aromatic nitrogens is 3. The maximum Gasteiger partial charge on any atom is 0.321 e. The van der Waals surface area contributed by atoms with Crippen molar-refractivity contribution in [3.63, 3.8) is 0 Å². The van der Waals surface area contributed by atoms with Crippen LogP contribution in [0.25, 0.3) is 11.4 Å². The van der Waals surface area contributed by atoms with Gasteiger partial charge in [-0.1, -0.05) is 36.4 Å². The highest BCUT2D eigenvalue weighted by atomic mass is 16.2. The Morgan fingerprint density at radius 3 is 2.46 bits per heavy atom. The lowest BCUT2D eigenvalue weighted by Crippen LogP contribution is -2.52. The quantitative estimate of drug-likeness (QED) is 0.786. The fourth-order valence-corrected chi connectivity index (χ4v) is 3.35. The molecule has 1 fully saturated rings. The first-order chi connectivity index (χ1) is 12.6. The largest absolute Gasteiger partial charge is 0.321 e. The van der Waals surface area contributed by atoms with Gasteiger partial charge in [-0.15, -0.1) is 10.2 Å². The third-order valence-corrected chi connectivity index (χ3v) is 4.62.